The Labute approximate surface area is 155 Å². The molecule has 0 amide bonds. The second-order valence-corrected chi connectivity index (χ2v) is 9.23. The fraction of sp³-hybridized carbons (Fsp3) is 0.429. The van der Waals surface area contributed by atoms with Crippen LogP contribution >= 0.6 is 0 Å². The number of fused-ring (bicyclic) bond motifs is 1. The van der Waals surface area contributed by atoms with E-state index >= 15 is 0 Å². The largest absolute Gasteiger partial charge is 0.377 e. The van der Waals surface area contributed by atoms with E-state index in [1.807, 2.05) is 37.3 Å². The molecule has 2 heterocycles. The summed E-state index contributed by atoms with van der Waals surface area (Å²) in [7, 11) is -3.44. The first-order chi connectivity index (χ1) is 12.6. The van der Waals surface area contributed by atoms with E-state index in [9.17, 15) is 8.42 Å². The number of hydrogen-bond acceptors (Lipinski definition) is 3. The van der Waals surface area contributed by atoms with Crippen LogP contribution in [-0.2, 0) is 21.2 Å². The van der Waals surface area contributed by atoms with Crippen LogP contribution in [0.1, 0.15) is 24.0 Å². The summed E-state index contributed by atoms with van der Waals surface area (Å²) >= 11 is 0. The zero-order chi connectivity index (χ0) is 18.1. The van der Waals surface area contributed by atoms with Gasteiger partial charge in [0.05, 0.1) is 11.0 Å². The fourth-order valence-corrected chi connectivity index (χ4v) is 6.02. The van der Waals surface area contributed by atoms with Gasteiger partial charge in [-0.3, -0.25) is 0 Å². The van der Waals surface area contributed by atoms with Crippen molar-refractivity contribution >= 4 is 10.0 Å². The molecule has 0 bridgehead atoms. The summed E-state index contributed by atoms with van der Waals surface area (Å²) in [5, 5.41) is 0. The standard InChI is InChI=1S/C21H25NO3S/c1-16-7-9-18(10-8-16)26(23,24)22-13-11-19-20(22)12-14-25-21(19)15-17-5-3-2-4-6-17/h2-10,19-21H,11-15H2,1H3/t19-,20+,21+/m1/s1. The minimum absolute atomic E-state index is 0.0452. The normalized spacial score (nSPS) is 26.6. The molecule has 0 aliphatic carbocycles. The van der Waals surface area contributed by atoms with Crippen LogP contribution < -0.4 is 0 Å². The van der Waals surface area contributed by atoms with Crippen LogP contribution in [0.15, 0.2) is 59.5 Å². The van der Waals surface area contributed by atoms with Crippen molar-refractivity contribution in [2.75, 3.05) is 13.2 Å². The van der Waals surface area contributed by atoms with Gasteiger partial charge in [-0.25, -0.2) is 8.42 Å². The van der Waals surface area contributed by atoms with Gasteiger partial charge in [-0.15, -0.1) is 0 Å². The molecule has 0 unspecified atom stereocenters. The predicted molar refractivity (Wildman–Crippen MR) is 101 cm³/mol. The molecule has 0 aromatic heterocycles. The van der Waals surface area contributed by atoms with E-state index in [0.29, 0.717) is 18.0 Å². The highest BCUT2D eigenvalue weighted by molar-refractivity contribution is 7.89. The van der Waals surface area contributed by atoms with Gasteiger partial charge < -0.3 is 4.74 Å². The Kier molecular flexibility index (Phi) is 4.86. The molecule has 2 aliphatic rings. The molecular formula is C21H25NO3S. The molecule has 2 aliphatic heterocycles. The Hall–Kier alpha value is -1.69. The Morgan fingerprint density at radius 1 is 1.04 bits per heavy atom. The predicted octanol–water partition coefficient (Wildman–Crippen LogP) is 3.41. The number of nitrogens with zero attached hydrogens (tertiary/aromatic N) is 1. The SMILES string of the molecule is Cc1ccc(S(=O)(=O)N2CC[C@H]3[C@H](Cc4ccccc4)OCC[C@@H]32)cc1. The summed E-state index contributed by atoms with van der Waals surface area (Å²) in [4.78, 5) is 0.398. The van der Waals surface area contributed by atoms with Crippen LogP contribution in [0, 0.1) is 12.8 Å². The minimum atomic E-state index is -3.44. The molecule has 138 valence electrons. The van der Waals surface area contributed by atoms with Crippen molar-refractivity contribution in [2.24, 2.45) is 5.92 Å². The minimum Gasteiger partial charge on any atom is -0.377 e. The van der Waals surface area contributed by atoms with Gasteiger partial charge in [-0.2, -0.15) is 4.31 Å². The molecule has 0 saturated carbocycles. The van der Waals surface area contributed by atoms with Crippen LogP contribution in [0.5, 0.6) is 0 Å². The highest BCUT2D eigenvalue weighted by atomic mass is 32.2. The Morgan fingerprint density at radius 3 is 2.50 bits per heavy atom. The topological polar surface area (TPSA) is 46.6 Å². The monoisotopic (exact) mass is 371 g/mol. The van der Waals surface area contributed by atoms with Gasteiger partial charge >= 0.3 is 0 Å². The average Bonchev–Trinajstić information content (AvgIpc) is 3.09. The Bertz CT molecular complexity index is 849. The van der Waals surface area contributed by atoms with Crippen molar-refractivity contribution < 1.29 is 13.2 Å². The van der Waals surface area contributed by atoms with E-state index in [1.165, 1.54) is 5.56 Å². The third kappa shape index (κ3) is 3.31. The number of sulfonamides is 1. The van der Waals surface area contributed by atoms with Crippen molar-refractivity contribution in [3.8, 4) is 0 Å². The second kappa shape index (κ2) is 7.14. The van der Waals surface area contributed by atoms with Gasteiger partial charge in [0.2, 0.25) is 10.0 Å². The van der Waals surface area contributed by atoms with E-state index in [2.05, 4.69) is 12.1 Å². The maximum absolute atomic E-state index is 13.2. The van der Waals surface area contributed by atoms with Crippen molar-refractivity contribution in [3.63, 3.8) is 0 Å². The van der Waals surface area contributed by atoms with Crippen LogP contribution in [-0.4, -0.2) is 38.0 Å². The van der Waals surface area contributed by atoms with E-state index in [-0.39, 0.29) is 18.1 Å². The molecule has 0 N–H and O–H groups in total. The summed E-state index contributed by atoms with van der Waals surface area (Å²) in [5.41, 5.74) is 2.32. The number of ether oxygens (including phenoxy) is 1. The van der Waals surface area contributed by atoms with Gasteiger partial charge in [0, 0.05) is 25.1 Å². The molecular weight excluding hydrogens is 346 g/mol. The lowest BCUT2D eigenvalue weighted by Gasteiger charge is -2.36. The molecule has 2 fully saturated rings. The van der Waals surface area contributed by atoms with Gasteiger partial charge in [0.1, 0.15) is 0 Å². The lowest BCUT2D eigenvalue weighted by molar-refractivity contribution is -0.0381. The van der Waals surface area contributed by atoms with Crippen molar-refractivity contribution in [1.29, 1.82) is 0 Å². The Balaban J connectivity index is 1.55. The molecule has 0 radical (unpaired) electrons. The molecule has 4 rings (SSSR count). The smallest absolute Gasteiger partial charge is 0.243 e. The molecule has 2 aromatic carbocycles. The van der Waals surface area contributed by atoms with Crippen LogP contribution in [0.25, 0.3) is 0 Å². The van der Waals surface area contributed by atoms with E-state index in [0.717, 1.165) is 24.8 Å². The lowest BCUT2D eigenvalue weighted by Crippen LogP contribution is -2.46. The third-order valence-electron chi connectivity index (χ3n) is 5.68. The zero-order valence-corrected chi connectivity index (χ0v) is 15.9. The van der Waals surface area contributed by atoms with Crippen LogP contribution in [0.3, 0.4) is 0 Å². The third-order valence-corrected chi connectivity index (χ3v) is 7.62. The van der Waals surface area contributed by atoms with E-state index in [1.54, 1.807) is 16.4 Å². The number of hydrogen-bond donors (Lipinski definition) is 0. The first-order valence-corrected chi connectivity index (χ1v) is 10.7. The average molecular weight is 372 g/mol. The number of aryl methyl sites for hydroxylation is 1. The first kappa shape index (κ1) is 17.7. The van der Waals surface area contributed by atoms with Gasteiger partial charge in [-0.05, 0) is 43.9 Å². The summed E-state index contributed by atoms with van der Waals surface area (Å²) in [5.74, 6) is 0.268. The zero-order valence-electron chi connectivity index (χ0n) is 15.0. The maximum atomic E-state index is 13.2. The maximum Gasteiger partial charge on any atom is 0.243 e. The summed E-state index contributed by atoms with van der Waals surface area (Å²) in [6.07, 6.45) is 2.59. The van der Waals surface area contributed by atoms with E-state index < -0.39 is 10.0 Å². The molecule has 2 aromatic rings. The van der Waals surface area contributed by atoms with E-state index in [4.69, 9.17) is 4.74 Å². The van der Waals surface area contributed by atoms with Crippen molar-refractivity contribution in [1.82, 2.24) is 4.31 Å². The summed E-state index contributed by atoms with van der Waals surface area (Å²) in [6.45, 7) is 3.17. The van der Waals surface area contributed by atoms with Crippen molar-refractivity contribution in [2.45, 2.75) is 43.2 Å². The quantitative estimate of drug-likeness (QED) is 0.827. The van der Waals surface area contributed by atoms with Gasteiger partial charge in [0.25, 0.3) is 0 Å². The molecule has 26 heavy (non-hydrogen) atoms. The summed E-state index contributed by atoms with van der Waals surface area (Å²) in [6, 6.07) is 17.5. The highest BCUT2D eigenvalue weighted by Gasteiger charge is 2.46. The highest BCUT2D eigenvalue weighted by Crippen LogP contribution is 2.38. The fourth-order valence-electron chi connectivity index (χ4n) is 4.30. The first-order valence-electron chi connectivity index (χ1n) is 9.30. The lowest BCUT2D eigenvalue weighted by atomic mass is 9.86. The second-order valence-electron chi connectivity index (χ2n) is 7.34. The number of benzene rings is 2. The molecule has 5 heteroatoms. The van der Waals surface area contributed by atoms with Gasteiger partial charge in [0.15, 0.2) is 0 Å². The van der Waals surface area contributed by atoms with Gasteiger partial charge in [-0.1, -0.05) is 48.0 Å². The Morgan fingerprint density at radius 2 is 1.77 bits per heavy atom. The summed E-state index contributed by atoms with van der Waals surface area (Å²) < 4.78 is 34.1. The molecule has 4 nitrogen and oxygen atoms in total. The van der Waals surface area contributed by atoms with Crippen molar-refractivity contribution in [3.05, 3.63) is 65.7 Å². The molecule has 2 saturated heterocycles. The number of rotatable bonds is 4. The van der Waals surface area contributed by atoms with Crippen LogP contribution in [0.4, 0.5) is 0 Å². The van der Waals surface area contributed by atoms with Crippen LogP contribution in [0.2, 0.25) is 0 Å². The molecule has 3 atom stereocenters. The molecule has 0 spiro atoms.